The van der Waals surface area contributed by atoms with Gasteiger partial charge in [-0.3, -0.25) is 4.79 Å². The molecule has 0 amide bonds. The Labute approximate surface area is 98.0 Å². The number of aromatic amines is 1. The summed E-state index contributed by atoms with van der Waals surface area (Å²) in [6, 6.07) is 15.7. The number of H-pyrrole nitrogens is 1. The highest BCUT2D eigenvalue weighted by Gasteiger charge is 2.11. The van der Waals surface area contributed by atoms with Crippen molar-refractivity contribution in [3.8, 4) is 11.3 Å². The average molecular weight is 223 g/mol. The number of rotatable bonds is 1. The van der Waals surface area contributed by atoms with E-state index in [0.29, 0.717) is 0 Å². The quantitative estimate of drug-likeness (QED) is 0.627. The molecule has 0 saturated heterocycles. The van der Waals surface area contributed by atoms with E-state index in [-0.39, 0.29) is 5.56 Å². The van der Waals surface area contributed by atoms with Crippen molar-refractivity contribution in [1.82, 2.24) is 4.98 Å². The first kappa shape index (κ1) is 9.78. The molecule has 0 aliphatic rings. The van der Waals surface area contributed by atoms with E-state index in [1.54, 1.807) is 6.20 Å². The van der Waals surface area contributed by atoms with Gasteiger partial charge in [0.15, 0.2) is 6.20 Å². The molecule has 0 spiro atoms. The van der Waals surface area contributed by atoms with E-state index in [2.05, 4.69) is 4.98 Å². The molecule has 0 bridgehead atoms. The molecule has 3 heteroatoms. The van der Waals surface area contributed by atoms with Gasteiger partial charge in [0.05, 0.1) is 0 Å². The molecule has 1 N–H and O–H groups in total. The summed E-state index contributed by atoms with van der Waals surface area (Å²) in [7, 11) is 0. The lowest BCUT2D eigenvalue weighted by Gasteiger charge is -2.00. The molecule has 82 valence electrons. The van der Waals surface area contributed by atoms with E-state index in [4.69, 9.17) is 0 Å². The number of hydrogen-bond donors (Lipinski definition) is 1. The second-order valence-electron chi connectivity index (χ2n) is 3.85. The van der Waals surface area contributed by atoms with Crippen molar-refractivity contribution in [2.45, 2.75) is 0 Å². The van der Waals surface area contributed by atoms with Gasteiger partial charge < -0.3 is 4.98 Å². The summed E-state index contributed by atoms with van der Waals surface area (Å²) in [5, 5.41) is 0. The molecule has 0 atom stereocenters. The molecule has 0 fully saturated rings. The van der Waals surface area contributed by atoms with Crippen LogP contribution in [-0.2, 0) is 0 Å². The van der Waals surface area contributed by atoms with E-state index < -0.39 is 0 Å². The number of nitrogens with one attached hydrogen (secondary N) is 1. The van der Waals surface area contributed by atoms with Crippen LogP contribution in [0.2, 0.25) is 0 Å². The summed E-state index contributed by atoms with van der Waals surface area (Å²) in [5.41, 5.74) is 2.73. The monoisotopic (exact) mass is 223 g/mol. The second-order valence-corrected chi connectivity index (χ2v) is 3.85. The van der Waals surface area contributed by atoms with E-state index >= 15 is 0 Å². The van der Waals surface area contributed by atoms with Gasteiger partial charge in [-0.15, -0.1) is 0 Å². The van der Waals surface area contributed by atoms with E-state index in [0.717, 1.165) is 16.8 Å². The van der Waals surface area contributed by atoms with Crippen molar-refractivity contribution < 1.29 is 4.40 Å². The Balaban J connectivity index is 2.40. The largest absolute Gasteiger partial charge is 0.313 e. The van der Waals surface area contributed by atoms with Crippen molar-refractivity contribution in [3.05, 3.63) is 71.3 Å². The first-order valence-electron chi connectivity index (χ1n) is 5.43. The zero-order chi connectivity index (χ0) is 11.7. The van der Waals surface area contributed by atoms with Crippen molar-refractivity contribution in [2.75, 3.05) is 0 Å². The lowest BCUT2D eigenvalue weighted by Crippen LogP contribution is -2.28. The van der Waals surface area contributed by atoms with Crippen LogP contribution in [0.15, 0.2) is 65.7 Å². The number of nitrogens with zero attached hydrogens (tertiary/aromatic N) is 1. The zero-order valence-corrected chi connectivity index (χ0v) is 9.13. The molecule has 2 heterocycles. The van der Waals surface area contributed by atoms with Crippen LogP contribution in [0.25, 0.3) is 16.8 Å². The van der Waals surface area contributed by atoms with Crippen molar-refractivity contribution in [2.24, 2.45) is 0 Å². The number of fused-ring (bicyclic) bond motifs is 1. The summed E-state index contributed by atoms with van der Waals surface area (Å²) in [5.74, 6) is 0. The third-order valence-corrected chi connectivity index (χ3v) is 2.71. The summed E-state index contributed by atoms with van der Waals surface area (Å²) in [4.78, 5) is 14.5. The van der Waals surface area contributed by atoms with Crippen LogP contribution in [0.4, 0.5) is 0 Å². The van der Waals surface area contributed by atoms with Crippen molar-refractivity contribution >= 4 is 5.52 Å². The SMILES string of the molecule is O=c1c[n+]2ccccc2c(-c2ccccc2)[nH]1. The highest BCUT2D eigenvalue weighted by molar-refractivity contribution is 5.73. The Morgan fingerprint density at radius 2 is 1.71 bits per heavy atom. The first-order valence-corrected chi connectivity index (χ1v) is 5.43. The minimum atomic E-state index is -0.104. The predicted octanol–water partition coefficient (Wildman–Crippen LogP) is 1.78. The molecule has 0 radical (unpaired) electrons. The summed E-state index contributed by atoms with van der Waals surface area (Å²) >= 11 is 0. The summed E-state index contributed by atoms with van der Waals surface area (Å²) in [6.45, 7) is 0. The Kier molecular flexibility index (Phi) is 2.22. The van der Waals surface area contributed by atoms with Crippen LogP contribution in [0.3, 0.4) is 0 Å². The average Bonchev–Trinajstić information content (AvgIpc) is 2.39. The molecular formula is C14H11N2O+. The topological polar surface area (TPSA) is 37.0 Å². The van der Waals surface area contributed by atoms with Crippen LogP contribution in [0.1, 0.15) is 0 Å². The van der Waals surface area contributed by atoms with Gasteiger partial charge in [0.25, 0.3) is 0 Å². The molecule has 0 aliphatic heterocycles. The maximum Gasteiger partial charge on any atom is 0.313 e. The Bertz CT molecular complexity index is 717. The van der Waals surface area contributed by atoms with Crippen LogP contribution in [0, 0.1) is 0 Å². The highest BCUT2D eigenvalue weighted by atomic mass is 16.1. The van der Waals surface area contributed by atoms with Gasteiger partial charge in [0, 0.05) is 17.7 Å². The van der Waals surface area contributed by atoms with Crippen LogP contribution in [0.5, 0.6) is 0 Å². The normalized spacial score (nSPS) is 10.6. The third kappa shape index (κ3) is 1.72. The standard InChI is InChI=1S/C14H10N2O/c17-13-10-16-9-5-4-8-12(16)14(15-13)11-6-2-1-3-7-11/h1-10H/p+1. The van der Waals surface area contributed by atoms with Gasteiger partial charge in [-0.2, -0.15) is 4.40 Å². The minimum Gasteiger partial charge on any atom is -0.311 e. The van der Waals surface area contributed by atoms with Gasteiger partial charge in [-0.1, -0.05) is 30.3 Å². The number of hydrogen-bond acceptors (Lipinski definition) is 1. The molecule has 3 aromatic rings. The fourth-order valence-corrected chi connectivity index (χ4v) is 1.95. The van der Waals surface area contributed by atoms with E-state index in [1.807, 2.05) is 59.1 Å². The molecule has 2 aromatic heterocycles. The van der Waals surface area contributed by atoms with Crippen LogP contribution in [-0.4, -0.2) is 4.98 Å². The first-order chi connectivity index (χ1) is 8.34. The van der Waals surface area contributed by atoms with Gasteiger partial charge in [-0.05, 0) is 6.07 Å². The second kappa shape index (κ2) is 3.87. The maximum absolute atomic E-state index is 11.6. The molecule has 0 unspecified atom stereocenters. The number of pyridine rings is 1. The lowest BCUT2D eigenvalue weighted by atomic mass is 10.1. The number of aromatic nitrogens is 2. The molecule has 3 nitrogen and oxygen atoms in total. The zero-order valence-electron chi connectivity index (χ0n) is 9.13. The number of benzene rings is 1. The van der Waals surface area contributed by atoms with Crippen LogP contribution >= 0.6 is 0 Å². The molecule has 1 aromatic carbocycles. The molecule has 0 aliphatic carbocycles. The maximum atomic E-state index is 11.6. The van der Waals surface area contributed by atoms with Crippen molar-refractivity contribution in [3.63, 3.8) is 0 Å². The van der Waals surface area contributed by atoms with Gasteiger partial charge in [-0.25, -0.2) is 0 Å². The smallest absolute Gasteiger partial charge is 0.311 e. The minimum absolute atomic E-state index is 0.104. The van der Waals surface area contributed by atoms with Gasteiger partial charge >= 0.3 is 5.56 Å². The predicted molar refractivity (Wildman–Crippen MR) is 65.7 cm³/mol. The molecular weight excluding hydrogens is 212 g/mol. The Morgan fingerprint density at radius 3 is 2.53 bits per heavy atom. The van der Waals surface area contributed by atoms with Crippen molar-refractivity contribution in [1.29, 1.82) is 0 Å². The highest BCUT2D eigenvalue weighted by Crippen LogP contribution is 2.17. The third-order valence-electron chi connectivity index (χ3n) is 2.71. The van der Waals surface area contributed by atoms with Crippen LogP contribution < -0.4 is 9.96 Å². The Hall–Kier alpha value is -2.42. The van der Waals surface area contributed by atoms with Gasteiger partial charge in [0.1, 0.15) is 5.69 Å². The van der Waals surface area contributed by atoms with E-state index in [9.17, 15) is 4.79 Å². The Morgan fingerprint density at radius 1 is 0.941 bits per heavy atom. The summed E-state index contributed by atoms with van der Waals surface area (Å²) < 4.78 is 1.83. The fourth-order valence-electron chi connectivity index (χ4n) is 1.95. The molecule has 17 heavy (non-hydrogen) atoms. The lowest BCUT2D eigenvalue weighted by molar-refractivity contribution is -0.513. The molecule has 3 rings (SSSR count). The fraction of sp³-hybridized carbons (Fsp3) is 0. The molecule has 0 saturated carbocycles. The van der Waals surface area contributed by atoms with Gasteiger partial charge in [0.2, 0.25) is 11.7 Å². The van der Waals surface area contributed by atoms with E-state index in [1.165, 1.54) is 0 Å². The summed E-state index contributed by atoms with van der Waals surface area (Å²) in [6.07, 6.45) is 3.42.